The molecule has 116 valence electrons. The van der Waals surface area contributed by atoms with E-state index in [9.17, 15) is 18.5 Å². The van der Waals surface area contributed by atoms with E-state index < -0.39 is 14.9 Å². The lowest BCUT2D eigenvalue weighted by Gasteiger charge is -2.22. The summed E-state index contributed by atoms with van der Waals surface area (Å²) < 4.78 is 27.6. The average Bonchev–Trinajstić information content (AvgIpc) is 2.50. The quantitative estimate of drug-likeness (QED) is 0.412. The van der Waals surface area contributed by atoms with E-state index >= 15 is 0 Å². The fraction of sp³-hybridized carbons (Fsp3) is 0.143. The first-order valence-corrected chi connectivity index (χ1v) is 8.91. The summed E-state index contributed by atoms with van der Waals surface area (Å²) in [6, 6.07) is 12.0. The number of sulfonamides is 1. The van der Waals surface area contributed by atoms with Crippen LogP contribution < -0.4 is 4.31 Å². The van der Waals surface area contributed by atoms with Crippen LogP contribution in [0.5, 0.6) is 0 Å². The molecule has 2 aromatic rings. The maximum absolute atomic E-state index is 12.7. The summed E-state index contributed by atoms with van der Waals surface area (Å²) >= 11 is 2.14. The highest BCUT2D eigenvalue weighted by molar-refractivity contribution is 14.1. The first kappa shape index (κ1) is 16.7. The third-order valence-corrected chi connectivity index (χ3v) is 5.67. The summed E-state index contributed by atoms with van der Waals surface area (Å²) in [5.41, 5.74) is 0.414. The van der Waals surface area contributed by atoms with Crippen LogP contribution in [0, 0.1) is 13.7 Å². The number of hydrogen-bond donors (Lipinski definition) is 0. The lowest BCUT2D eigenvalue weighted by atomic mass is 10.3. The van der Waals surface area contributed by atoms with Crippen molar-refractivity contribution >= 4 is 44.0 Å². The Labute approximate surface area is 142 Å². The Kier molecular flexibility index (Phi) is 5.01. The van der Waals surface area contributed by atoms with Crippen LogP contribution in [0.15, 0.2) is 53.4 Å². The molecule has 6 nitrogen and oxygen atoms in total. The zero-order chi connectivity index (χ0) is 16.3. The molecule has 0 bridgehead atoms. The van der Waals surface area contributed by atoms with Crippen LogP contribution in [0.2, 0.25) is 0 Å². The van der Waals surface area contributed by atoms with E-state index in [1.807, 2.05) is 12.1 Å². The Bertz CT molecular complexity index is 773. The molecule has 0 aliphatic heterocycles. The second-order valence-corrected chi connectivity index (χ2v) is 7.51. The molecular formula is C14H13IN2O4S. The standard InChI is InChI=1S/C14H13IN2O4S/c1-2-16(12-5-3-11(15)4-6-12)22(20,21)14-9-7-13(8-10-14)17(18)19/h3-10H,2H2,1H3. The van der Waals surface area contributed by atoms with Gasteiger partial charge >= 0.3 is 0 Å². The van der Waals surface area contributed by atoms with E-state index in [2.05, 4.69) is 22.6 Å². The Hall–Kier alpha value is -1.68. The lowest BCUT2D eigenvalue weighted by molar-refractivity contribution is -0.384. The van der Waals surface area contributed by atoms with Gasteiger partial charge in [-0.15, -0.1) is 0 Å². The predicted octanol–water partition coefficient (Wildman–Crippen LogP) is 3.41. The number of nitrogens with zero attached hydrogens (tertiary/aromatic N) is 2. The molecule has 0 radical (unpaired) electrons. The van der Waals surface area contributed by atoms with Gasteiger partial charge in [0.25, 0.3) is 15.7 Å². The Morgan fingerprint density at radius 3 is 2.09 bits per heavy atom. The molecule has 0 amide bonds. The van der Waals surface area contributed by atoms with Gasteiger partial charge in [0, 0.05) is 22.2 Å². The van der Waals surface area contributed by atoms with Gasteiger partial charge < -0.3 is 0 Å². The molecule has 2 aromatic carbocycles. The minimum atomic E-state index is -3.75. The lowest BCUT2D eigenvalue weighted by Crippen LogP contribution is -2.30. The van der Waals surface area contributed by atoms with E-state index in [1.165, 1.54) is 28.6 Å². The van der Waals surface area contributed by atoms with Crippen LogP contribution in [0.3, 0.4) is 0 Å². The SMILES string of the molecule is CCN(c1ccc(I)cc1)S(=O)(=O)c1ccc([N+](=O)[O-])cc1. The number of halogens is 1. The Morgan fingerprint density at radius 1 is 1.09 bits per heavy atom. The summed E-state index contributed by atoms with van der Waals surface area (Å²) in [5, 5.41) is 10.7. The van der Waals surface area contributed by atoms with Gasteiger partial charge in [-0.1, -0.05) is 0 Å². The van der Waals surface area contributed by atoms with Crippen LogP contribution in [0.25, 0.3) is 0 Å². The fourth-order valence-corrected chi connectivity index (χ4v) is 3.80. The van der Waals surface area contributed by atoms with E-state index in [4.69, 9.17) is 0 Å². The normalized spacial score (nSPS) is 11.2. The third-order valence-electron chi connectivity index (χ3n) is 3.04. The topological polar surface area (TPSA) is 80.5 Å². The van der Waals surface area contributed by atoms with Crippen molar-refractivity contribution in [2.45, 2.75) is 11.8 Å². The molecule has 0 N–H and O–H groups in total. The molecule has 0 aliphatic carbocycles. The minimum Gasteiger partial charge on any atom is -0.267 e. The maximum Gasteiger partial charge on any atom is 0.269 e. The molecule has 2 rings (SSSR count). The molecule has 0 atom stereocenters. The molecule has 0 aliphatic rings. The minimum absolute atomic E-state index is 0.0264. The highest BCUT2D eigenvalue weighted by atomic mass is 127. The predicted molar refractivity (Wildman–Crippen MR) is 92.5 cm³/mol. The van der Waals surface area contributed by atoms with Crippen molar-refractivity contribution in [1.29, 1.82) is 0 Å². The summed E-state index contributed by atoms with van der Waals surface area (Å²) in [4.78, 5) is 10.1. The van der Waals surface area contributed by atoms with Gasteiger partial charge in [-0.2, -0.15) is 0 Å². The van der Waals surface area contributed by atoms with Gasteiger partial charge in [0.2, 0.25) is 0 Å². The van der Waals surface area contributed by atoms with Crippen LogP contribution in [-0.4, -0.2) is 19.9 Å². The first-order chi connectivity index (χ1) is 10.4. The zero-order valence-corrected chi connectivity index (χ0v) is 14.6. The molecule has 0 aromatic heterocycles. The first-order valence-electron chi connectivity index (χ1n) is 6.39. The Morgan fingerprint density at radius 2 is 1.64 bits per heavy atom. The summed E-state index contributed by atoms with van der Waals surface area (Å²) in [5.74, 6) is 0. The fourth-order valence-electron chi connectivity index (χ4n) is 1.97. The number of nitro benzene ring substituents is 1. The molecule has 0 spiro atoms. The zero-order valence-electron chi connectivity index (χ0n) is 11.6. The number of benzene rings is 2. The number of anilines is 1. The third kappa shape index (κ3) is 3.38. The molecule has 0 saturated carbocycles. The van der Waals surface area contributed by atoms with Crippen molar-refractivity contribution in [3.05, 3.63) is 62.2 Å². The van der Waals surface area contributed by atoms with E-state index in [0.29, 0.717) is 5.69 Å². The van der Waals surface area contributed by atoms with Crippen molar-refractivity contribution in [3.63, 3.8) is 0 Å². The van der Waals surface area contributed by atoms with E-state index in [-0.39, 0.29) is 17.1 Å². The van der Waals surface area contributed by atoms with Crippen molar-refractivity contribution in [2.24, 2.45) is 0 Å². The number of hydrogen-bond acceptors (Lipinski definition) is 4. The van der Waals surface area contributed by atoms with Crippen molar-refractivity contribution < 1.29 is 13.3 Å². The number of nitro groups is 1. The van der Waals surface area contributed by atoms with Crippen molar-refractivity contribution in [2.75, 3.05) is 10.8 Å². The van der Waals surface area contributed by atoms with Gasteiger partial charge in [0.1, 0.15) is 0 Å². The summed E-state index contributed by atoms with van der Waals surface area (Å²) in [6.45, 7) is 2.00. The van der Waals surface area contributed by atoms with Crippen LogP contribution in [0.4, 0.5) is 11.4 Å². The molecule has 0 fully saturated rings. The Balaban J connectivity index is 2.42. The highest BCUT2D eigenvalue weighted by Crippen LogP contribution is 2.25. The molecule has 22 heavy (non-hydrogen) atoms. The summed E-state index contributed by atoms with van der Waals surface area (Å²) in [7, 11) is -3.75. The van der Waals surface area contributed by atoms with Gasteiger partial charge in [0.15, 0.2) is 0 Å². The van der Waals surface area contributed by atoms with Crippen LogP contribution in [0.1, 0.15) is 6.92 Å². The highest BCUT2D eigenvalue weighted by Gasteiger charge is 2.24. The van der Waals surface area contributed by atoms with Crippen LogP contribution >= 0.6 is 22.6 Å². The monoisotopic (exact) mass is 432 g/mol. The van der Waals surface area contributed by atoms with Gasteiger partial charge in [0.05, 0.1) is 15.5 Å². The number of non-ortho nitro benzene ring substituents is 1. The molecular weight excluding hydrogens is 419 g/mol. The van der Waals surface area contributed by atoms with Crippen molar-refractivity contribution in [1.82, 2.24) is 0 Å². The van der Waals surface area contributed by atoms with Crippen LogP contribution in [-0.2, 0) is 10.0 Å². The van der Waals surface area contributed by atoms with Gasteiger partial charge in [-0.25, -0.2) is 8.42 Å². The van der Waals surface area contributed by atoms with Gasteiger partial charge in [-0.3, -0.25) is 14.4 Å². The second kappa shape index (κ2) is 6.61. The average molecular weight is 432 g/mol. The maximum atomic E-state index is 12.7. The molecule has 8 heteroatoms. The molecule has 0 heterocycles. The second-order valence-electron chi connectivity index (χ2n) is 4.40. The smallest absolute Gasteiger partial charge is 0.267 e. The summed E-state index contributed by atoms with van der Waals surface area (Å²) in [6.07, 6.45) is 0. The van der Waals surface area contributed by atoms with Gasteiger partial charge in [-0.05, 0) is 65.9 Å². The van der Waals surface area contributed by atoms with E-state index in [0.717, 1.165) is 3.57 Å². The molecule has 0 saturated heterocycles. The van der Waals surface area contributed by atoms with Crippen molar-refractivity contribution in [3.8, 4) is 0 Å². The number of rotatable bonds is 5. The van der Waals surface area contributed by atoms with E-state index in [1.54, 1.807) is 19.1 Å². The largest absolute Gasteiger partial charge is 0.269 e. The molecule has 0 unspecified atom stereocenters.